The van der Waals surface area contributed by atoms with Crippen LogP contribution in [0.25, 0.3) is 0 Å². The molecule has 1 aromatic carbocycles. The number of nitrogens with zero attached hydrogens (tertiary/aromatic N) is 2. The SMILES string of the molecule is Cc1ccc(C(=O)N2CC[C@@H](NC(=O)CCC(=O)c3ccccc3)C2)cn1. The number of nitrogens with one attached hydrogen (secondary N) is 1. The molecule has 0 bridgehead atoms. The van der Waals surface area contributed by atoms with Gasteiger partial charge in [0, 0.05) is 49.4 Å². The van der Waals surface area contributed by atoms with Crippen molar-refractivity contribution in [1.29, 1.82) is 0 Å². The molecule has 2 heterocycles. The van der Waals surface area contributed by atoms with Gasteiger partial charge in [-0.3, -0.25) is 19.4 Å². The summed E-state index contributed by atoms with van der Waals surface area (Å²) in [6.07, 6.45) is 2.63. The van der Waals surface area contributed by atoms with Crippen LogP contribution in [0.2, 0.25) is 0 Å². The Hall–Kier alpha value is -3.02. The number of aryl methyl sites for hydroxylation is 1. The van der Waals surface area contributed by atoms with E-state index >= 15 is 0 Å². The lowest BCUT2D eigenvalue weighted by atomic mass is 10.1. The van der Waals surface area contributed by atoms with E-state index in [9.17, 15) is 14.4 Å². The second-order valence-electron chi connectivity index (χ2n) is 6.78. The predicted molar refractivity (Wildman–Crippen MR) is 101 cm³/mol. The molecular weight excluding hydrogens is 342 g/mol. The van der Waals surface area contributed by atoms with E-state index in [4.69, 9.17) is 0 Å². The highest BCUT2D eigenvalue weighted by Gasteiger charge is 2.28. The molecule has 1 aliphatic rings. The van der Waals surface area contributed by atoms with E-state index in [1.54, 1.807) is 41.4 Å². The summed E-state index contributed by atoms with van der Waals surface area (Å²) in [6, 6.07) is 12.5. The molecule has 0 unspecified atom stereocenters. The first-order valence-corrected chi connectivity index (χ1v) is 9.12. The van der Waals surface area contributed by atoms with Crippen LogP contribution in [-0.2, 0) is 4.79 Å². The van der Waals surface area contributed by atoms with E-state index in [0.29, 0.717) is 30.6 Å². The highest BCUT2D eigenvalue weighted by molar-refractivity contribution is 5.98. The summed E-state index contributed by atoms with van der Waals surface area (Å²) in [6.45, 7) is 2.95. The van der Waals surface area contributed by atoms with Gasteiger partial charge in [-0.15, -0.1) is 0 Å². The highest BCUT2D eigenvalue weighted by atomic mass is 16.2. The molecule has 0 saturated carbocycles. The largest absolute Gasteiger partial charge is 0.352 e. The van der Waals surface area contributed by atoms with Crippen LogP contribution in [0.5, 0.6) is 0 Å². The maximum absolute atomic E-state index is 12.5. The number of ketones is 1. The van der Waals surface area contributed by atoms with Crippen molar-refractivity contribution in [2.24, 2.45) is 0 Å². The van der Waals surface area contributed by atoms with Crippen molar-refractivity contribution in [1.82, 2.24) is 15.2 Å². The number of hydrogen-bond donors (Lipinski definition) is 1. The Labute approximate surface area is 158 Å². The summed E-state index contributed by atoms with van der Waals surface area (Å²) in [5.41, 5.74) is 2.04. The molecule has 0 radical (unpaired) electrons. The van der Waals surface area contributed by atoms with Crippen LogP contribution in [0.15, 0.2) is 48.7 Å². The molecule has 2 amide bonds. The summed E-state index contributed by atoms with van der Waals surface area (Å²) in [4.78, 5) is 42.6. The molecule has 1 N–H and O–H groups in total. The lowest BCUT2D eigenvalue weighted by Gasteiger charge is -2.17. The molecule has 6 nitrogen and oxygen atoms in total. The fourth-order valence-corrected chi connectivity index (χ4v) is 3.13. The lowest BCUT2D eigenvalue weighted by molar-refractivity contribution is -0.121. The van der Waals surface area contributed by atoms with E-state index in [2.05, 4.69) is 10.3 Å². The van der Waals surface area contributed by atoms with Crippen molar-refractivity contribution < 1.29 is 14.4 Å². The number of amides is 2. The zero-order chi connectivity index (χ0) is 19.2. The third-order valence-corrected chi connectivity index (χ3v) is 4.67. The lowest BCUT2D eigenvalue weighted by Crippen LogP contribution is -2.38. The van der Waals surface area contributed by atoms with Gasteiger partial charge in [0.05, 0.1) is 5.56 Å². The van der Waals surface area contributed by atoms with Gasteiger partial charge in [-0.2, -0.15) is 0 Å². The fraction of sp³-hybridized carbons (Fsp3) is 0.333. The van der Waals surface area contributed by atoms with Gasteiger partial charge in [-0.05, 0) is 25.5 Å². The third-order valence-electron chi connectivity index (χ3n) is 4.67. The van der Waals surface area contributed by atoms with Crippen LogP contribution in [0.1, 0.15) is 45.7 Å². The van der Waals surface area contributed by atoms with Gasteiger partial charge in [-0.25, -0.2) is 0 Å². The molecule has 6 heteroatoms. The molecule has 0 aliphatic carbocycles. The predicted octanol–water partition coefficient (Wildman–Crippen LogP) is 2.38. The Kier molecular flexibility index (Phi) is 5.96. The third kappa shape index (κ3) is 5.00. The zero-order valence-corrected chi connectivity index (χ0v) is 15.4. The Bertz CT molecular complexity index is 818. The van der Waals surface area contributed by atoms with Gasteiger partial charge >= 0.3 is 0 Å². The first-order valence-electron chi connectivity index (χ1n) is 9.12. The highest BCUT2D eigenvalue weighted by Crippen LogP contribution is 2.14. The monoisotopic (exact) mass is 365 g/mol. The quantitative estimate of drug-likeness (QED) is 0.797. The van der Waals surface area contributed by atoms with E-state index in [0.717, 1.165) is 5.69 Å². The van der Waals surface area contributed by atoms with Crippen molar-refractivity contribution in [3.63, 3.8) is 0 Å². The Morgan fingerprint density at radius 2 is 1.85 bits per heavy atom. The van der Waals surface area contributed by atoms with Crippen LogP contribution >= 0.6 is 0 Å². The number of hydrogen-bond acceptors (Lipinski definition) is 4. The van der Waals surface area contributed by atoms with Crippen LogP contribution in [0.3, 0.4) is 0 Å². The number of carbonyl (C=O) groups excluding carboxylic acids is 3. The van der Waals surface area contributed by atoms with Crippen molar-refractivity contribution in [3.8, 4) is 0 Å². The summed E-state index contributed by atoms with van der Waals surface area (Å²) < 4.78 is 0. The van der Waals surface area contributed by atoms with Crippen LogP contribution < -0.4 is 5.32 Å². The van der Waals surface area contributed by atoms with Crippen LogP contribution in [0, 0.1) is 6.92 Å². The molecule has 1 aromatic heterocycles. The summed E-state index contributed by atoms with van der Waals surface area (Å²) >= 11 is 0. The maximum atomic E-state index is 12.5. The number of likely N-dealkylation sites (tertiary alicyclic amines) is 1. The number of carbonyl (C=O) groups is 3. The molecule has 1 atom stereocenters. The van der Waals surface area contributed by atoms with Crippen molar-refractivity contribution in [2.45, 2.75) is 32.2 Å². The Balaban J connectivity index is 1.45. The van der Waals surface area contributed by atoms with Crippen molar-refractivity contribution in [2.75, 3.05) is 13.1 Å². The number of rotatable bonds is 6. The van der Waals surface area contributed by atoms with E-state index in [1.165, 1.54) is 0 Å². The average Bonchev–Trinajstić information content (AvgIpc) is 3.15. The summed E-state index contributed by atoms with van der Waals surface area (Å²) in [7, 11) is 0. The fourth-order valence-electron chi connectivity index (χ4n) is 3.13. The Morgan fingerprint density at radius 1 is 1.07 bits per heavy atom. The van der Waals surface area contributed by atoms with Crippen molar-refractivity contribution in [3.05, 3.63) is 65.5 Å². The van der Waals surface area contributed by atoms with Crippen LogP contribution in [-0.4, -0.2) is 46.6 Å². The summed E-state index contributed by atoms with van der Waals surface area (Å²) in [5, 5.41) is 2.93. The van der Waals surface area contributed by atoms with Gasteiger partial charge in [0.25, 0.3) is 5.91 Å². The molecule has 1 aliphatic heterocycles. The zero-order valence-electron chi connectivity index (χ0n) is 15.4. The summed E-state index contributed by atoms with van der Waals surface area (Å²) in [5.74, 6) is -0.269. The minimum atomic E-state index is -0.157. The minimum absolute atomic E-state index is 0.0409. The maximum Gasteiger partial charge on any atom is 0.255 e. The molecule has 0 spiro atoms. The van der Waals surface area contributed by atoms with E-state index in [1.807, 2.05) is 19.1 Å². The molecule has 140 valence electrons. The first kappa shape index (κ1) is 18.8. The first-order chi connectivity index (χ1) is 13.0. The van der Waals surface area contributed by atoms with Gasteiger partial charge in [0.1, 0.15) is 0 Å². The second kappa shape index (κ2) is 8.58. The second-order valence-corrected chi connectivity index (χ2v) is 6.78. The molecule has 2 aromatic rings. The molecular formula is C21H23N3O3. The number of Topliss-reactive ketones (excluding diaryl/α,β-unsaturated/α-hetero) is 1. The average molecular weight is 365 g/mol. The van der Waals surface area contributed by atoms with Gasteiger partial charge in [-0.1, -0.05) is 30.3 Å². The number of aromatic nitrogens is 1. The van der Waals surface area contributed by atoms with Crippen LogP contribution in [0.4, 0.5) is 0 Å². The topological polar surface area (TPSA) is 79.4 Å². The number of benzene rings is 1. The van der Waals surface area contributed by atoms with Gasteiger partial charge < -0.3 is 10.2 Å². The smallest absolute Gasteiger partial charge is 0.255 e. The molecule has 27 heavy (non-hydrogen) atoms. The van der Waals surface area contributed by atoms with E-state index < -0.39 is 0 Å². The standard InChI is InChI=1S/C21H23N3O3/c1-15-7-8-17(13-22-15)21(27)24-12-11-18(14-24)23-20(26)10-9-19(25)16-5-3-2-4-6-16/h2-8,13,18H,9-12,14H2,1H3,(H,23,26)/t18-/m1/s1. The van der Waals surface area contributed by atoms with Crippen molar-refractivity contribution >= 4 is 17.6 Å². The molecule has 3 rings (SSSR count). The minimum Gasteiger partial charge on any atom is -0.352 e. The van der Waals surface area contributed by atoms with Gasteiger partial charge in [0.15, 0.2) is 5.78 Å². The molecule has 1 fully saturated rings. The number of pyridine rings is 1. The molecule has 1 saturated heterocycles. The van der Waals surface area contributed by atoms with Gasteiger partial charge in [0.2, 0.25) is 5.91 Å². The Morgan fingerprint density at radius 3 is 2.56 bits per heavy atom. The van der Waals surface area contributed by atoms with E-state index in [-0.39, 0.29) is 36.5 Å². The normalized spacial score (nSPS) is 16.2.